The Hall–Kier alpha value is -2.16. The average Bonchev–Trinajstić information content (AvgIpc) is 3.21. The number of nitrogens with one attached hydrogen (secondary N) is 2. The molecule has 1 aromatic carbocycles. The molecule has 0 saturated carbocycles. The van der Waals surface area contributed by atoms with E-state index in [0.717, 1.165) is 68.8 Å². The number of fused-ring (bicyclic) bond motifs is 1. The third-order valence-electron chi connectivity index (χ3n) is 6.69. The number of H-pyrrole nitrogens is 1. The molecule has 1 amide bonds. The zero-order valence-electron chi connectivity index (χ0n) is 19.6. The molecule has 2 unspecified atom stereocenters. The van der Waals surface area contributed by atoms with Gasteiger partial charge in [-0.3, -0.25) is 14.8 Å². The summed E-state index contributed by atoms with van der Waals surface area (Å²) in [5.41, 5.74) is 1.27. The van der Waals surface area contributed by atoms with Gasteiger partial charge in [0.25, 0.3) is 5.91 Å². The number of likely N-dealkylation sites (tertiary alicyclic amines) is 1. The van der Waals surface area contributed by atoms with E-state index in [1.165, 1.54) is 6.42 Å². The SMILES string of the molecule is COc1ccc2[nH]nc(C(=O)NCC3CCN(CCCN4CC(C)OC(C)C4)CC3)c2c1. The predicted molar refractivity (Wildman–Crippen MR) is 125 cm³/mol. The largest absolute Gasteiger partial charge is 0.497 e. The summed E-state index contributed by atoms with van der Waals surface area (Å²) in [6.45, 7) is 11.6. The molecule has 32 heavy (non-hydrogen) atoms. The van der Waals surface area contributed by atoms with E-state index in [1.807, 2.05) is 18.2 Å². The fourth-order valence-corrected chi connectivity index (χ4v) is 5.01. The Labute approximate surface area is 190 Å². The standard InChI is InChI=1S/C24H37N5O3/c1-17-15-29(16-18(2)32-17)10-4-9-28-11-7-19(8-12-28)14-25-24(30)23-21-13-20(31-3)5-6-22(21)26-27-23/h5-6,13,17-19H,4,7-12,14-16H2,1-3H3,(H,25,30)(H,26,27). The molecular formula is C24H37N5O3. The van der Waals surface area contributed by atoms with Gasteiger partial charge in [0.2, 0.25) is 0 Å². The minimum Gasteiger partial charge on any atom is -0.497 e. The van der Waals surface area contributed by atoms with Crippen molar-refractivity contribution in [2.75, 3.05) is 52.9 Å². The van der Waals surface area contributed by atoms with E-state index in [2.05, 4.69) is 39.2 Å². The summed E-state index contributed by atoms with van der Waals surface area (Å²) in [6, 6.07) is 5.59. The van der Waals surface area contributed by atoms with Gasteiger partial charge in [0.15, 0.2) is 5.69 Å². The van der Waals surface area contributed by atoms with Crippen LogP contribution in [0.3, 0.4) is 0 Å². The maximum atomic E-state index is 12.7. The second kappa shape index (κ2) is 10.6. The molecule has 2 saturated heterocycles. The smallest absolute Gasteiger partial charge is 0.272 e. The number of methoxy groups -OCH3 is 1. The maximum absolute atomic E-state index is 12.7. The van der Waals surface area contributed by atoms with Crippen molar-refractivity contribution < 1.29 is 14.3 Å². The Bertz CT molecular complexity index is 883. The van der Waals surface area contributed by atoms with E-state index >= 15 is 0 Å². The fraction of sp³-hybridized carbons (Fsp3) is 0.667. The number of hydrogen-bond acceptors (Lipinski definition) is 6. The van der Waals surface area contributed by atoms with Crippen LogP contribution in [0.15, 0.2) is 18.2 Å². The van der Waals surface area contributed by atoms with Gasteiger partial charge in [-0.2, -0.15) is 5.10 Å². The summed E-state index contributed by atoms with van der Waals surface area (Å²) in [7, 11) is 1.62. The molecule has 2 atom stereocenters. The van der Waals surface area contributed by atoms with E-state index in [-0.39, 0.29) is 5.91 Å². The molecule has 4 rings (SSSR count). The number of benzene rings is 1. The highest BCUT2D eigenvalue weighted by atomic mass is 16.5. The zero-order valence-corrected chi connectivity index (χ0v) is 19.6. The van der Waals surface area contributed by atoms with E-state index in [1.54, 1.807) is 7.11 Å². The monoisotopic (exact) mass is 443 g/mol. The van der Waals surface area contributed by atoms with Crippen LogP contribution in [0.5, 0.6) is 5.75 Å². The van der Waals surface area contributed by atoms with Gasteiger partial charge in [0, 0.05) is 25.0 Å². The summed E-state index contributed by atoms with van der Waals surface area (Å²) in [5.74, 6) is 1.12. The molecule has 176 valence electrons. The Morgan fingerprint density at radius 2 is 1.91 bits per heavy atom. The lowest BCUT2D eigenvalue weighted by atomic mass is 9.96. The molecule has 0 bridgehead atoms. The summed E-state index contributed by atoms with van der Waals surface area (Å²) in [5, 5.41) is 11.0. The van der Waals surface area contributed by atoms with Crippen LogP contribution in [0.1, 0.15) is 43.6 Å². The maximum Gasteiger partial charge on any atom is 0.272 e. The first kappa shape index (κ1) is 23.0. The Morgan fingerprint density at radius 1 is 1.19 bits per heavy atom. The highest BCUT2D eigenvalue weighted by molar-refractivity contribution is 6.05. The van der Waals surface area contributed by atoms with Gasteiger partial charge >= 0.3 is 0 Å². The van der Waals surface area contributed by atoms with Gasteiger partial charge < -0.3 is 19.7 Å². The lowest BCUT2D eigenvalue weighted by molar-refractivity contribution is -0.0685. The van der Waals surface area contributed by atoms with Crippen molar-refractivity contribution in [3.63, 3.8) is 0 Å². The molecule has 8 nitrogen and oxygen atoms in total. The number of carbonyl (C=O) groups is 1. The van der Waals surface area contributed by atoms with Crippen molar-refractivity contribution in [2.24, 2.45) is 5.92 Å². The van der Waals surface area contributed by atoms with E-state index in [4.69, 9.17) is 9.47 Å². The molecular weight excluding hydrogens is 406 g/mol. The topological polar surface area (TPSA) is 82.7 Å². The van der Waals surface area contributed by atoms with Gasteiger partial charge in [0.1, 0.15) is 5.75 Å². The molecule has 2 aliphatic heterocycles. The van der Waals surface area contributed by atoms with Crippen LogP contribution in [0.2, 0.25) is 0 Å². The van der Waals surface area contributed by atoms with Crippen molar-refractivity contribution in [2.45, 2.75) is 45.3 Å². The van der Waals surface area contributed by atoms with Gasteiger partial charge in [-0.05, 0) is 83.4 Å². The first-order chi connectivity index (χ1) is 15.5. The van der Waals surface area contributed by atoms with Crippen molar-refractivity contribution >= 4 is 16.8 Å². The Kier molecular flexibility index (Phi) is 7.65. The van der Waals surface area contributed by atoms with Crippen LogP contribution in [-0.4, -0.2) is 91.0 Å². The number of aromatic nitrogens is 2. The highest BCUT2D eigenvalue weighted by Gasteiger charge is 2.23. The average molecular weight is 444 g/mol. The Morgan fingerprint density at radius 3 is 2.62 bits per heavy atom. The highest BCUT2D eigenvalue weighted by Crippen LogP contribution is 2.22. The molecule has 8 heteroatoms. The molecule has 2 fully saturated rings. The van der Waals surface area contributed by atoms with E-state index in [0.29, 0.717) is 30.4 Å². The van der Waals surface area contributed by atoms with Gasteiger partial charge in [-0.15, -0.1) is 0 Å². The van der Waals surface area contributed by atoms with E-state index < -0.39 is 0 Å². The second-order valence-electron chi connectivity index (χ2n) is 9.35. The number of rotatable bonds is 8. The number of morpholine rings is 1. The van der Waals surface area contributed by atoms with Crippen molar-refractivity contribution in [3.05, 3.63) is 23.9 Å². The lowest BCUT2D eigenvalue weighted by Gasteiger charge is -2.36. The minimum atomic E-state index is -0.124. The quantitative estimate of drug-likeness (QED) is 0.652. The summed E-state index contributed by atoms with van der Waals surface area (Å²) in [4.78, 5) is 17.8. The zero-order chi connectivity index (χ0) is 22.5. The first-order valence-electron chi connectivity index (χ1n) is 11.9. The molecule has 0 radical (unpaired) electrons. The fourth-order valence-electron chi connectivity index (χ4n) is 5.01. The van der Waals surface area contributed by atoms with Crippen LogP contribution >= 0.6 is 0 Å². The molecule has 2 aromatic rings. The molecule has 2 aliphatic rings. The van der Waals surface area contributed by atoms with E-state index in [9.17, 15) is 4.79 Å². The third-order valence-corrected chi connectivity index (χ3v) is 6.69. The van der Waals surface area contributed by atoms with Crippen LogP contribution in [0, 0.1) is 5.92 Å². The first-order valence-corrected chi connectivity index (χ1v) is 11.9. The number of carbonyl (C=O) groups excluding carboxylic acids is 1. The lowest BCUT2D eigenvalue weighted by Crippen LogP contribution is -2.46. The normalized spacial score (nSPS) is 23.5. The number of ether oxygens (including phenoxy) is 2. The number of piperidine rings is 1. The van der Waals surface area contributed by atoms with Crippen molar-refractivity contribution in [1.82, 2.24) is 25.3 Å². The number of amides is 1. The van der Waals surface area contributed by atoms with Crippen LogP contribution in [0.25, 0.3) is 10.9 Å². The predicted octanol–water partition coefficient (Wildman–Crippen LogP) is 2.51. The molecule has 1 aromatic heterocycles. The number of aromatic amines is 1. The van der Waals surface area contributed by atoms with Gasteiger partial charge in [-0.1, -0.05) is 0 Å². The van der Waals surface area contributed by atoms with Crippen LogP contribution < -0.4 is 10.1 Å². The van der Waals surface area contributed by atoms with Crippen LogP contribution in [0.4, 0.5) is 0 Å². The van der Waals surface area contributed by atoms with Crippen molar-refractivity contribution in [1.29, 1.82) is 0 Å². The second-order valence-corrected chi connectivity index (χ2v) is 9.35. The van der Waals surface area contributed by atoms with Crippen molar-refractivity contribution in [3.8, 4) is 5.75 Å². The summed E-state index contributed by atoms with van der Waals surface area (Å²) < 4.78 is 11.1. The van der Waals surface area contributed by atoms with Crippen LogP contribution in [-0.2, 0) is 4.74 Å². The number of hydrogen-bond donors (Lipinski definition) is 2. The third kappa shape index (κ3) is 5.79. The molecule has 3 heterocycles. The summed E-state index contributed by atoms with van der Waals surface area (Å²) in [6.07, 6.45) is 4.14. The van der Waals surface area contributed by atoms with Gasteiger partial charge in [0.05, 0.1) is 24.8 Å². The molecule has 0 spiro atoms. The number of nitrogens with zero attached hydrogens (tertiary/aromatic N) is 3. The molecule has 2 N–H and O–H groups in total. The van der Waals surface area contributed by atoms with Gasteiger partial charge in [-0.25, -0.2) is 0 Å². The summed E-state index contributed by atoms with van der Waals surface area (Å²) >= 11 is 0. The Balaban J connectivity index is 1.17. The molecule has 0 aliphatic carbocycles. The minimum absolute atomic E-state index is 0.124.